The molecule has 1 heterocycles. The highest BCUT2D eigenvalue weighted by molar-refractivity contribution is 9.10. The van der Waals surface area contributed by atoms with E-state index in [2.05, 4.69) is 21.2 Å². The van der Waals surface area contributed by atoms with Gasteiger partial charge in [0.15, 0.2) is 11.5 Å². The Hall–Kier alpha value is -5.12. The molecule has 0 atom stereocenters. The van der Waals surface area contributed by atoms with Crippen molar-refractivity contribution in [2.75, 3.05) is 12.0 Å². The van der Waals surface area contributed by atoms with Gasteiger partial charge in [-0.15, -0.1) is 0 Å². The third-order valence-electron chi connectivity index (χ3n) is 7.36. The van der Waals surface area contributed by atoms with Crippen LogP contribution in [0.1, 0.15) is 16.7 Å². The summed E-state index contributed by atoms with van der Waals surface area (Å²) in [5.74, 6) is -0.210. The summed E-state index contributed by atoms with van der Waals surface area (Å²) in [6.07, 6.45) is 1.40. The Balaban J connectivity index is 1.21. The largest absolute Gasteiger partial charge is 0.493 e. The summed E-state index contributed by atoms with van der Waals surface area (Å²) >= 11 is 9.75. The van der Waals surface area contributed by atoms with Crippen LogP contribution < -0.4 is 24.4 Å². The number of ether oxygens (including phenoxy) is 3. The number of nitrogens with one attached hydrogen (secondary N) is 1. The minimum Gasteiger partial charge on any atom is -0.493 e. The van der Waals surface area contributed by atoms with E-state index in [1.165, 1.54) is 13.2 Å². The first-order valence-electron chi connectivity index (χ1n) is 14.2. The number of barbiturate groups is 1. The number of methoxy groups -OCH3 is 1. The number of amides is 4. The Kier molecular flexibility index (Phi) is 9.05. The van der Waals surface area contributed by atoms with Gasteiger partial charge >= 0.3 is 6.03 Å². The third kappa shape index (κ3) is 6.47. The number of hydrogen-bond donors (Lipinski definition) is 1. The average Bonchev–Trinajstić information content (AvgIpc) is 3.06. The second-order valence-corrected chi connectivity index (χ2v) is 11.6. The van der Waals surface area contributed by atoms with E-state index in [0.717, 1.165) is 26.8 Å². The van der Waals surface area contributed by atoms with Crippen molar-refractivity contribution < 1.29 is 28.6 Å². The van der Waals surface area contributed by atoms with Crippen molar-refractivity contribution in [2.45, 2.75) is 13.2 Å². The minimum absolute atomic E-state index is 0.225. The molecule has 4 amide bonds. The molecule has 0 aromatic heterocycles. The molecule has 1 aliphatic rings. The van der Waals surface area contributed by atoms with Crippen LogP contribution in [-0.4, -0.2) is 25.0 Å². The van der Waals surface area contributed by atoms with E-state index in [4.69, 9.17) is 25.8 Å². The summed E-state index contributed by atoms with van der Waals surface area (Å²) in [5.41, 5.74) is 2.35. The quantitative estimate of drug-likeness (QED) is 0.124. The summed E-state index contributed by atoms with van der Waals surface area (Å²) in [4.78, 5) is 40.0. The summed E-state index contributed by atoms with van der Waals surface area (Å²) in [5, 5.41) is 5.03. The monoisotopic (exact) mass is 696 g/mol. The maximum absolute atomic E-state index is 13.5. The molecule has 6 rings (SSSR count). The molecule has 46 heavy (non-hydrogen) atoms. The van der Waals surface area contributed by atoms with Gasteiger partial charge in [-0.25, -0.2) is 9.69 Å². The molecule has 0 saturated carbocycles. The number of rotatable bonds is 9. The SMILES string of the molecule is COc1cc(/C=C2\C(=O)NC(=O)N(c3ccc(OCc4ccccc4Cl)cc3)C2=O)cc(Br)c1OCc1cccc2ccccc12. The van der Waals surface area contributed by atoms with Gasteiger partial charge in [0, 0.05) is 10.6 Å². The predicted octanol–water partition coefficient (Wildman–Crippen LogP) is 8.09. The lowest BCUT2D eigenvalue weighted by Crippen LogP contribution is -2.54. The minimum atomic E-state index is -0.854. The van der Waals surface area contributed by atoms with Gasteiger partial charge in [-0.3, -0.25) is 14.9 Å². The topological polar surface area (TPSA) is 94.2 Å². The molecule has 1 saturated heterocycles. The van der Waals surface area contributed by atoms with Crippen molar-refractivity contribution in [1.82, 2.24) is 5.32 Å². The Morgan fingerprint density at radius 1 is 0.826 bits per heavy atom. The zero-order valence-electron chi connectivity index (χ0n) is 24.5. The van der Waals surface area contributed by atoms with E-state index < -0.39 is 17.8 Å². The van der Waals surface area contributed by atoms with Crippen LogP contribution in [0.15, 0.2) is 113 Å². The van der Waals surface area contributed by atoms with Crippen LogP contribution in [0.5, 0.6) is 17.2 Å². The van der Waals surface area contributed by atoms with Crippen molar-refractivity contribution >= 4 is 67.9 Å². The van der Waals surface area contributed by atoms with Gasteiger partial charge in [-0.2, -0.15) is 0 Å². The van der Waals surface area contributed by atoms with Crippen LogP contribution in [0.25, 0.3) is 16.8 Å². The lowest BCUT2D eigenvalue weighted by molar-refractivity contribution is -0.122. The van der Waals surface area contributed by atoms with Crippen molar-refractivity contribution in [2.24, 2.45) is 0 Å². The number of nitrogens with zero attached hydrogens (tertiary/aromatic N) is 1. The number of imide groups is 2. The van der Waals surface area contributed by atoms with E-state index in [0.29, 0.717) is 38.9 Å². The van der Waals surface area contributed by atoms with E-state index >= 15 is 0 Å². The van der Waals surface area contributed by atoms with Gasteiger partial charge in [0.1, 0.15) is 24.5 Å². The molecular formula is C36H26BrClN2O6. The Labute approximate surface area is 278 Å². The third-order valence-corrected chi connectivity index (χ3v) is 8.32. The molecule has 0 spiro atoms. The average molecular weight is 698 g/mol. The molecule has 1 N–H and O–H groups in total. The predicted molar refractivity (Wildman–Crippen MR) is 180 cm³/mol. The van der Waals surface area contributed by atoms with Gasteiger partial charge in [-0.05, 0) is 86.4 Å². The fourth-order valence-corrected chi connectivity index (χ4v) is 5.82. The highest BCUT2D eigenvalue weighted by atomic mass is 79.9. The Morgan fingerprint density at radius 2 is 1.52 bits per heavy atom. The molecule has 0 unspecified atom stereocenters. The van der Waals surface area contributed by atoms with Gasteiger partial charge in [0.2, 0.25) is 0 Å². The molecule has 1 fully saturated rings. The summed E-state index contributed by atoms with van der Waals surface area (Å²) in [6, 6.07) is 30.3. The van der Waals surface area contributed by atoms with Gasteiger partial charge in [0.05, 0.1) is 17.3 Å². The normalized spacial score (nSPS) is 14.0. The molecule has 5 aromatic rings. The highest BCUT2D eigenvalue weighted by Gasteiger charge is 2.37. The Bertz CT molecular complexity index is 2010. The molecule has 10 heteroatoms. The lowest BCUT2D eigenvalue weighted by atomic mass is 10.1. The van der Waals surface area contributed by atoms with Crippen molar-refractivity contribution in [3.8, 4) is 17.2 Å². The lowest BCUT2D eigenvalue weighted by Gasteiger charge is -2.26. The van der Waals surface area contributed by atoms with Crippen LogP contribution in [0.4, 0.5) is 10.5 Å². The number of hydrogen-bond acceptors (Lipinski definition) is 6. The van der Waals surface area contributed by atoms with Crippen molar-refractivity contribution in [1.29, 1.82) is 0 Å². The number of fused-ring (bicyclic) bond motifs is 1. The molecule has 8 nitrogen and oxygen atoms in total. The maximum Gasteiger partial charge on any atom is 0.335 e. The van der Waals surface area contributed by atoms with E-state index in [-0.39, 0.29) is 17.9 Å². The molecular weight excluding hydrogens is 672 g/mol. The smallest absolute Gasteiger partial charge is 0.335 e. The van der Waals surface area contributed by atoms with Crippen molar-refractivity contribution in [3.63, 3.8) is 0 Å². The van der Waals surface area contributed by atoms with Crippen LogP contribution in [-0.2, 0) is 22.8 Å². The standard InChI is InChI=1S/C36H26BrClN2O6/c1-44-32-19-22(18-30(37)33(32)46-20-24-10-6-9-23-7-2-4-11-28(23)24)17-29-34(41)39-36(43)40(35(29)42)26-13-15-27(16-14-26)45-21-25-8-3-5-12-31(25)38/h2-19H,20-21H2,1H3,(H,39,41,43)/b29-17+. The van der Waals surface area contributed by atoms with Gasteiger partial charge in [0.25, 0.3) is 11.8 Å². The highest BCUT2D eigenvalue weighted by Crippen LogP contribution is 2.38. The number of urea groups is 1. The molecule has 0 radical (unpaired) electrons. The van der Waals surface area contributed by atoms with E-state index in [1.807, 2.05) is 60.7 Å². The van der Waals surface area contributed by atoms with Crippen LogP contribution in [0.3, 0.4) is 0 Å². The van der Waals surface area contributed by atoms with E-state index in [1.54, 1.807) is 42.5 Å². The van der Waals surface area contributed by atoms with Gasteiger partial charge < -0.3 is 14.2 Å². The fourth-order valence-electron chi connectivity index (χ4n) is 5.06. The summed E-state index contributed by atoms with van der Waals surface area (Å²) < 4.78 is 18.2. The molecule has 0 bridgehead atoms. The van der Waals surface area contributed by atoms with Crippen LogP contribution in [0.2, 0.25) is 5.02 Å². The summed E-state index contributed by atoms with van der Waals surface area (Å²) in [6.45, 7) is 0.536. The first-order chi connectivity index (χ1) is 22.3. The zero-order chi connectivity index (χ0) is 32.2. The second-order valence-electron chi connectivity index (χ2n) is 10.3. The van der Waals surface area contributed by atoms with E-state index in [9.17, 15) is 14.4 Å². The first-order valence-corrected chi connectivity index (χ1v) is 15.3. The first kappa shape index (κ1) is 30.9. The number of carbonyl (C=O) groups is 3. The zero-order valence-corrected chi connectivity index (χ0v) is 26.8. The molecule has 0 aliphatic carbocycles. The van der Waals surface area contributed by atoms with Crippen LogP contribution >= 0.6 is 27.5 Å². The van der Waals surface area contributed by atoms with Crippen molar-refractivity contribution in [3.05, 3.63) is 135 Å². The summed E-state index contributed by atoms with van der Waals surface area (Å²) in [7, 11) is 1.50. The number of benzene rings is 5. The number of anilines is 1. The maximum atomic E-state index is 13.5. The number of carbonyl (C=O) groups excluding carboxylic acids is 3. The fraction of sp³-hybridized carbons (Fsp3) is 0.0833. The Morgan fingerprint density at radius 3 is 2.30 bits per heavy atom. The second kappa shape index (κ2) is 13.5. The molecule has 230 valence electrons. The molecule has 5 aromatic carbocycles. The van der Waals surface area contributed by atoms with Crippen LogP contribution in [0, 0.1) is 0 Å². The van der Waals surface area contributed by atoms with Gasteiger partial charge in [-0.1, -0.05) is 72.3 Å². The number of halogens is 2. The molecule has 1 aliphatic heterocycles.